The highest BCUT2D eigenvalue weighted by Crippen LogP contribution is 2.25. The number of amides is 1. The van der Waals surface area contributed by atoms with Gasteiger partial charge in [-0.2, -0.15) is 0 Å². The number of hydrogen-bond acceptors (Lipinski definition) is 3. The quantitative estimate of drug-likeness (QED) is 0.778. The van der Waals surface area contributed by atoms with Crippen LogP contribution in [0.2, 0.25) is 0 Å². The van der Waals surface area contributed by atoms with Crippen molar-refractivity contribution >= 4 is 16.9 Å². The molecule has 0 bridgehead atoms. The Morgan fingerprint density at radius 3 is 2.52 bits per heavy atom. The highest BCUT2D eigenvalue weighted by atomic mass is 16.5. The lowest BCUT2D eigenvalue weighted by molar-refractivity contribution is 0.0808. The second-order valence-corrected chi connectivity index (χ2v) is 5.40. The third-order valence-corrected chi connectivity index (χ3v) is 3.95. The van der Waals surface area contributed by atoms with Gasteiger partial charge in [-0.1, -0.05) is 48.5 Å². The molecule has 23 heavy (non-hydrogen) atoms. The van der Waals surface area contributed by atoms with Crippen LogP contribution in [0.4, 0.5) is 0 Å². The first-order chi connectivity index (χ1) is 11.2. The van der Waals surface area contributed by atoms with E-state index in [1.165, 1.54) is 0 Å². The van der Waals surface area contributed by atoms with Gasteiger partial charge < -0.3 is 14.5 Å². The Bertz CT molecular complexity index is 808. The Balaban J connectivity index is 1.74. The summed E-state index contributed by atoms with van der Waals surface area (Å²) in [5.74, 6) is 0.130. The molecule has 3 rings (SSSR count). The fourth-order valence-corrected chi connectivity index (χ4v) is 2.66. The molecule has 4 heteroatoms. The zero-order chi connectivity index (χ0) is 16.2. The van der Waals surface area contributed by atoms with E-state index >= 15 is 0 Å². The van der Waals surface area contributed by atoms with Crippen molar-refractivity contribution in [3.63, 3.8) is 0 Å². The van der Waals surface area contributed by atoms with Gasteiger partial charge in [0.25, 0.3) is 5.91 Å². The summed E-state index contributed by atoms with van der Waals surface area (Å²) in [5, 5.41) is 3.85. The van der Waals surface area contributed by atoms with Gasteiger partial charge in [-0.15, -0.1) is 0 Å². The number of fused-ring (bicyclic) bond motifs is 1. The van der Waals surface area contributed by atoms with Gasteiger partial charge in [0.15, 0.2) is 5.76 Å². The van der Waals surface area contributed by atoms with Crippen molar-refractivity contribution in [3.05, 3.63) is 71.5 Å². The lowest BCUT2D eigenvalue weighted by Gasteiger charge is -2.16. The van der Waals surface area contributed by atoms with Gasteiger partial charge in [0.2, 0.25) is 0 Å². The maximum absolute atomic E-state index is 12.4. The van der Waals surface area contributed by atoms with E-state index in [1.54, 1.807) is 7.11 Å². The molecule has 2 aromatic carbocycles. The number of carbonyl (C=O) groups excluding carboxylic acids is 1. The summed E-state index contributed by atoms with van der Waals surface area (Å²) in [5.41, 5.74) is 2.60. The molecule has 0 fully saturated rings. The molecule has 118 valence electrons. The fourth-order valence-electron chi connectivity index (χ4n) is 2.66. The molecule has 0 spiro atoms. The van der Waals surface area contributed by atoms with Crippen LogP contribution in [-0.2, 0) is 4.74 Å². The average Bonchev–Trinajstić information content (AvgIpc) is 2.94. The van der Waals surface area contributed by atoms with E-state index in [9.17, 15) is 4.79 Å². The van der Waals surface area contributed by atoms with Gasteiger partial charge in [0.1, 0.15) is 5.58 Å². The molecular weight excluding hydrogens is 290 g/mol. The molecular formula is C19H19NO3. The number of rotatable bonds is 5. The van der Waals surface area contributed by atoms with E-state index in [-0.39, 0.29) is 12.0 Å². The lowest BCUT2D eigenvalue weighted by Crippen LogP contribution is -2.29. The number of benzene rings is 2. The number of methoxy groups -OCH3 is 1. The molecule has 1 unspecified atom stereocenters. The minimum absolute atomic E-state index is 0.190. The van der Waals surface area contributed by atoms with Crippen molar-refractivity contribution in [1.29, 1.82) is 0 Å². The summed E-state index contributed by atoms with van der Waals surface area (Å²) in [6.07, 6.45) is -0.190. The number of furan rings is 1. The van der Waals surface area contributed by atoms with Crippen molar-refractivity contribution in [1.82, 2.24) is 5.32 Å². The Morgan fingerprint density at radius 1 is 1.13 bits per heavy atom. The topological polar surface area (TPSA) is 51.5 Å². The van der Waals surface area contributed by atoms with Crippen LogP contribution in [0.3, 0.4) is 0 Å². The highest BCUT2D eigenvalue weighted by molar-refractivity contribution is 5.98. The van der Waals surface area contributed by atoms with Crippen LogP contribution in [0.1, 0.15) is 27.8 Å². The molecule has 1 amide bonds. The van der Waals surface area contributed by atoms with Crippen LogP contribution in [0.15, 0.2) is 59.0 Å². The second-order valence-electron chi connectivity index (χ2n) is 5.40. The van der Waals surface area contributed by atoms with Crippen LogP contribution < -0.4 is 5.32 Å². The largest absolute Gasteiger partial charge is 0.451 e. The molecule has 0 radical (unpaired) electrons. The van der Waals surface area contributed by atoms with Crippen molar-refractivity contribution in [3.8, 4) is 0 Å². The van der Waals surface area contributed by atoms with Crippen LogP contribution >= 0.6 is 0 Å². The molecule has 1 heterocycles. The van der Waals surface area contributed by atoms with Crippen molar-refractivity contribution in [2.45, 2.75) is 13.0 Å². The van der Waals surface area contributed by atoms with Gasteiger partial charge >= 0.3 is 0 Å². The summed E-state index contributed by atoms with van der Waals surface area (Å²) in [4.78, 5) is 12.4. The molecule has 3 aromatic rings. The Kier molecular flexibility index (Phi) is 4.44. The minimum Gasteiger partial charge on any atom is -0.451 e. The number of ether oxygens (including phenoxy) is 1. The van der Waals surface area contributed by atoms with Crippen LogP contribution in [0, 0.1) is 6.92 Å². The third kappa shape index (κ3) is 3.12. The zero-order valence-corrected chi connectivity index (χ0v) is 13.2. The standard InChI is InChI=1S/C19H19NO3/c1-13-15-10-6-7-11-16(15)23-18(13)19(21)20-12-17(22-2)14-8-4-3-5-9-14/h3-11,17H,12H2,1-2H3,(H,20,21). The molecule has 1 N–H and O–H groups in total. The summed E-state index contributed by atoms with van der Waals surface area (Å²) in [6.45, 7) is 2.28. The molecule has 0 aliphatic rings. The van der Waals surface area contributed by atoms with Gasteiger partial charge in [-0.05, 0) is 18.6 Å². The van der Waals surface area contributed by atoms with E-state index in [0.29, 0.717) is 12.3 Å². The van der Waals surface area contributed by atoms with Crippen molar-refractivity contribution < 1.29 is 13.9 Å². The number of nitrogens with one attached hydrogen (secondary N) is 1. The van der Waals surface area contributed by atoms with Crippen LogP contribution in [0.5, 0.6) is 0 Å². The number of carbonyl (C=O) groups is 1. The second kappa shape index (κ2) is 6.67. The molecule has 4 nitrogen and oxygen atoms in total. The predicted octanol–water partition coefficient (Wildman–Crippen LogP) is 3.86. The minimum atomic E-state index is -0.225. The van der Waals surface area contributed by atoms with Crippen LogP contribution in [-0.4, -0.2) is 19.6 Å². The number of hydrogen-bond donors (Lipinski definition) is 1. The van der Waals surface area contributed by atoms with Gasteiger partial charge in [0, 0.05) is 24.6 Å². The van der Waals surface area contributed by atoms with E-state index in [2.05, 4.69) is 5.32 Å². The Hall–Kier alpha value is -2.59. The van der Waals surface area contributed by atoms with Gasteiger partial charge in [-0.25, -0.2) is 0 Å². The highest BCUT2D eigenvalue weighted by Gasteiger charge is 2.19. The first kappa shape index (κ1) is 15.3. The third-order valence-electron chi connectivity index (χ3n) is 3.95. The molecule has 0 aliphatic carbocycles. The van der Waals surface area contributed by atoms with E-state index in [0.717, 1.165) is 22.1 Å². The van der Waals surface area contributed by atoms with Gasteiger partial charge in [0.05, 0.1) is 6.10 Å². The summed E-state index contributed by atoms with van der Waals surface area (Å²) >= 11 is 0. The monoisotopic (exact) mass is 309 g/mol. The van der Waals surface area contributed by atoms with Crippen LogP contribution in [0.25, 0.3) is 11.0 Å². The smallest absolute Gasteiger partial charge is 0.287 e. The normalized spacial score (nSPS) is 12.3. The van der Waals surface area contributed by atoms with E-state index in [4.69, 9.17) is 9.15 Å². The zero-order valence-electron chi connectivity index (χ0n) is 13.2. The predicted molar refractivity (Wildman–Crippen MR) is 89.5 cm³/mol. The molecule has 0 aliphatic heterocycles. The lowest BCUT2D eigenvalue weighted by atomic mass is 10.1. The average molecular weight is 309 g/mol. The Morgan fingerprint density at radius 2 is 1.83 bits per heavy atom. The Labute approximate surface area is 135 Å². The summed E-state index contributed by atoms with van der Waals surface area (Å²) < 4.78 is 11.1. The molecule has 0 saturated heterocycles. The van der Waals surface area contributed by atoms with E-state index < -0.39 is 0 Å². The van der Waals surface area contributed by atoms with E-state index in [1.807, 2.05) is 61.5 Å². The number of para-hydroxylation sites is 1. The first-order valence-electron chi connectivity index (χ1n) is 7.54. The SMILES string of the molecule is COC(CNC(=O)c1oc2ccccc2c1C)c1ccccc1. The van der Waals surface area contributed by atoms with Gasteiger partial charge in [-0.3, -0.25) is 4.79 Å². The summed E-state index contributed by atoms with van der Waals surface area (Å²) in [6, 6.07) is 17.4. The fraction of sp³-hybridized carbons (Fsp3) is 0.211. The van der Waals surface area contributed by atoms with Crippen molar-refractivity contribution in [2.75, 3.05) is 13.7 Å². The maximum atomic E-state index is 12.4. The first-order valence-corrected chi connectivity index (χ1v) is 7.54. The molecule has 1 aromatic heterocycles. The number of aryl methyl sites for hydroxylation is 1. The summed E-state index contributed by atoms with van der Waals surface area (Å²) in [7, 11) is 1.64. The molecule has 1 atom stereocenters. The maximum Gasteiger partial charge on any atom is 0.287 e. The molecule has 0 saturated carbocycles. The van der Waals surface area contributed by atoms with Crippen molar-refractivity contribution in [2.24, 2.45) is 0 Å².